The molecule has 1 aromatic rings. The van der Waals surface area contributed by atoms with Crippen molar-refractivity contribution in [2.24, 2.45) is 0 Å². The van der Waals surface area contributed by atoms with E-state index in [1.165, 1.54) is 5.56 Å². The van der Waals surface area contributed by atoms with E-state index in [4.69, 9.17) is 4.74 Å². The molecule has 2 rings (SSSR count). The first-order valence-electron chi connectivity index (χ1n) is 5.55. The molecule has 1 aliphatic heterocycles. The van der Waals surface area contributed by atoms with Crippen molar-refractivity contribution < 1.29 is 4.74 Å². The highest BCUT2D eigenvalue weighted by Gasteiger charge is 2.20. The summed E-state index contributed by atoms with van der Waals surface area (Å²) in [4.78, 5) is 0. The fourth-order valence-corrected chi connectivity index (χ4v) is 2.26. The Balaban J connectivity index is 2.18. The third-order valence-corrected chi connectivity index (χ3v) is 3.39. The Morgan fingerprint density at radius 1 is 1.25 bits per heavy atom. The Kier molecular flexibility index (Phi) is 3.83. The topological polar surface area (TPSA) is 9.23 Å². The van der Waals surface area contributed by atoms with Crippen LogP contribution in [0.1, 0.15) is 24.8 Å². The third kappa shape index (κ3) is 2.56. The van der Waals surface area contributed by atoms with E-state index < -0.39 is 0 Å². The van der Waals surface area contributed by atoms with E-state index in [1.54, 1.807) is 6.26 Å². The molecule has 1 heterocycles. The Morgan fingerprint density at radius 2 is 2.00 bits per heavy atom. The molecule has 0 aromatic heterocycles. The molecule has 0 aliphatic carbocycles. The lowest BCUT2D eigenvalue weighted by Crippen LogP contribution is -2.18. The molecular formula is C14H15BrO. The molecule has 1 aromatic carbocycles. The van der Waals surface area contributed by atoms with Crippen LogP contribution in [-0.4, -0.2) is 6.10 Å². The second-order valence-corrected chi connectivity index (χ2v) is 4.80. The molecule has 16 heavy (non-hydrogen) atoms. The number of benzene rings is 1. The highest BCUT2D eigenvalue weighted by molar-refractivity contribution is 9.10. The highest BCUT2D eigenvalue weighted by Crippen LogP contribution is 2.28. The molecule has 1 aliphatic rings. The van der Waals surface area contributed by atoms with Crippen molar-refractivity contribution >= 4 is 15.9 Å². The molecule has 0 bridgehead atoms. The van der Waals surface area contributed by atoms with Gasteiger partial charge in [0.15, 0.2) is 0 Å². The number of allylic oxidation sites excluding steroid dienone is 2. The number of hydrogen-bond donors (Lipinski definition) is 0. The summed E-state index contributed by atoms with van der Waals surface area (Å²) in [6.45, 7) is 2.20. The molecule has 84 valence electrons. The van der Waals surface area contributed by atoms with Crippen LogP contribution < -0.4 is 0 Å². The van der Waals surface area contributed by atoms with E-state index in [0.717, 1.165) is 10.9 Å². The molecular weight excluding hydrogens is 264 g/mol. The van der Waals surface area contributed by atoms with Gasteiger partial charge in [-0.15, -0.1) is 0 Å². The van der Waals surface area contributed by atoms with E-state index in [1.807, 2.05) is 6.08 Å². The van der Waals surface area contributed by atoms with Gasteiger partial charge in [0.25, 0.3) is 0 Å². The molecule has 0 N–H and O–H groups in total. The van der Waals surface area contributed by atoms with E-state index in [9.17, 15) is 0 Å². The maximum absolute atomic E-state index is 5.64. The van der Waals surface area contributed by atoms with E-state index in [-0.39, 0.29) is 6.10 Å². The smallest absolute Gasteiger partial charge is 0.123 e. The zero-order valence-electron chi connectivity index (χ0n) is 9.27. The van der Waals surface area contributed by atoms with Gasteiger partial charge in [0.1, 0.15) is 6.10 Å². The van der Waals surface area contributed by atoms with Crippen molar-refractivity contribution in [3.05, 3.63) is 58.8 Å². The van der Waals surface area contributed by atoms with Crippen molar-refractivity contribution in [2.75, 3.05) is 0 Å². The van der Waals surface area contributed by atoms with Crippen LogP contribution in [0.3, 0.4) is 0 Å². The van der Waals surface area contributed by atoms with Crippen molar-refractivity contribution in [3.8, 4) is 0 Å². The van der Waals surface area contributed by atoms with Crippen molar-refractivity contribution in [1.29, 1.82) is 0 Å². The minimum atomic E-state index is 0.163. The number of halogens is 1. The van der Waals surface area contributed by atoms with Crippen LogP contribution in [0.5, 0.6) is 0 Å². The first kappa shape index (κ1) is 11.5. The van der Waals surface area contributed by atoms with E-state index in [0.29, 0.717) is 5.92 Å². The maximum atomic E-state index is 5.64. The Hall–Kier alpha value is -1.02. The van der Waals surface area contributed by atoms with Crippen LogP contribution in [0, 0.1) is 0 Å². The molecule has 0 fully saturated rings. The molecule has 0 amide bonds. The first-order chi connectivity index (χ1) is 7.81. The van der Waals surface area contributed by atoms with Gasteiger partial charge in [0.2, 0.25) is 0 Å². The van der Waals surface area contributed by atoms with Crippen LogP contribution >= 0.6 is 15.9 Å². The van der Waals surface area contributed by atoms with Gasteiger partial charge >= 0.3 is 0 Å². The highest BCUT2D eigenvalue weighted by atomic mass is 79.9. The molecule has 0 saturated carbocycles. The summed E-state index contributed by atoms with van der Waals surface area (Å²) in [6.07, 6.45) is 9.10. The minimum absolute atomic E-state index is 0.163. The zero-order valence-corrected chi connectivity index (χ0v) is 10.9. The van der Waals surface area contributed by atoms with Gasteiger partial charge in [0, 0.05) is 10.4 Å². The largest absolute Gasteiger partial charge is 0.493 e. The fourth-order valence-electron chi connectivity index (χ4n) is 2.00. The molecule has 1 nitrogen and oxygen atoms in total. The van der Waals surface area contributed by atoms with Crippen molar-refractivity contribution in [1.82, 2.24) is 0 Å². The summed E-state index contributed by atoms with van der Waals surface area (Å²) in [7, 11) is 0. The first-order valence-corrected chi connectivity index (χ1v) is 6.35. The molecule has 2 atom stereocenters. The standard InChI is InChI=1S/C14H15BrO/c1-2-13(14-5-3-4-10-16-14)11-6-8-12(15)9-7-11/h3-10,13-14H,2H2,1H3. The minimum Gasteiger partial charge on any atom is -0.493 e. The zero-order chi connectivity index (χ0) is 11.4. The monoisotopic (exact) mass is 278 g/mol. The van der Waals surface area contributed by atoms with Crippen LogP contribution in [0.4, 0.5) is 0 Å². The van der Waals surface area contributed by atoms with Gasteiger partial charge < -0.3 is 4.74 Å². The van der Waals surface area contributed by atoms with Gasteiger partial charge in [0.05, 0.1) is 6.26 Å². The summed E-state index contributed by atoms with van der Waals surface area (Å²) in [6, 6.07) is 8.49. The number of ether oxygens (including phenoxy) is 1. The normalized spacial score (nSPS) is 20.5. The van der Waals surface area contributed by atoms with Crippen molar-refractivity contribution in [2.45, 2.75) is 25.4 Å². The summed E-state index contributed by atoms with van der Waals surface area (Å²) in [5, 5.41) is 0. The Bertz CT molecular complexity index is 392. The summed E-state index contributed by atoms with van der Waals surface area (Å²) in [5.41, 5.74) is 1.33. The predicted octanol–water partition coefficient (Wildman–Crippen LogP) is 4.41. The van der Waals surface area contributed by atoms with Gasteiger partial charge in [-0.3, -0.25) is 0 Å². The second-order valence-electron chi connectivity index (χ2n) is 3.88. The number of rotatable bonds is 3. The van der Waals surface area contributed by atoms with Crippen LogP contribution in [0.2, 0.25) is 0 Å². The quantitative estimate of drug-likeness (QED) is 0.796. The van der Waals surface area contributed by atoms with Crippen molar-refractivity contribution in [3.63, 3.8) is 0 Å². The summed E-state index contributed by atoms with van der Waals surface area (Å²) in [5.74, 6) is 0.425. The van der Waals surface area contributed by atoms with Crippen LogP contribution in [-0.2, 0) is 4.74 Å². The molecule has 0 spiro atoms. The fraction of sp³-hybridized carbons (Fsp3) is 0.286. The molecule has 2 unspecified atom stereocenters. The summed E-state index contributed by atoms with van der Waals surface area (Å²) >= 11 is 3.46. The lowest BCUT2D eigenvalue weighted by Gasteiger charge is -2.25. The van der Waals surface area contributed by atoms with Gasteiger partial charge in [-0.1, -0.05) is 41.1 Å². The predicted molar refractivity (Wildman–Crippen MR) is 70.3 cm³/mol. The average Bonchev–Trinajstić information content (AvgIpc) is 2.34. The average molecular weight is 279 g/mol. The second kappa shape index (κ2) is 5.35. The van der Waals surface area contributed by atoms with Crippen LogP contribution in [0.25, 0.3) is 0 Å². The summed E-state index contributed by atoms with van der Waals surface area (Å²) < 4.78 is 6.75. The molecule has 2 heteroatoms. The molecule has 0 radical (unpaired) electrons. The SMILES string of the molecule is CCC(c1ccc(Br)cc1)C1C=CC=CO1. The lowest BCUT2D eigenvalue weighted by atomic mass is 9.90. The maximum Gasteiger partial charge on any atom is 0.123 e. The van der Waals surface area contributed by atoms with Gasteiger partial charge in [-0.2, -0.15) is 0 Å². The van der Waals surface area contributed by atoms with E-state index >= 15 is 0 Å². The Labute approximate surface area is 105 Å². The lowest BCUT2D eigenvalue weighted by molar-refractivity contribution is 0.153. The van der Waals surface area contributed by atoms with E-state index in [2.05, 4.69) is 59.3 Å². The molecule has 0 saturated heterocycles. The van der Waals surface area contributed by atoms with Gasteiger partial charge in [-0.25, -0.2) is 0 Å². The van der Waals surface area contributed by atoms with Gasteiger partial charge in [-0.05, 0) is 36.3 Å². The number of hydrogen-bond acceptors (Lipinski definition) is 1. The van der Waals surface area contributed by atoms with Crippen LogP contribution in [0.15, 0.2) is 53.2 Å². The third-order valence-electron chi connectivity index (χ3n) is 2.86. The Morgan fingerprint density at radius 3 is 2.56 bits per heavy atom.